The van der Waals surface area contributed by atoms with Crippen LogP contribution in [-0.2, 0) is 20.9 Å². The number of carbonyl (C=O) groups excluding carboxylic acids is 2. The van der Waals surface area contributed by atoms with Crippen molar-refractivity contribution < 1.29 is 19.1 Å². The molecule has 2 heterocycles. The first-order valence-corrected chi connectivity index (χ1v) is 10.2. The zero-order valence-electron chi connectivity index (χ0n) is 17.6. The fraction of sp³-hybridized carbons (Fsp3) is 0.292. The highest BCUT2D eigenvalue weighted by Crippen LogP contribution is 2.33. The lowest BCUT2D eigenvalue weighted by molar-refractivity contribution is -0.136. The minimum absolute atomic E-state index is 0.321. The van der Waals surface area contributed by atoms with E-state index >= 15 is 0 Å². The van der Waals surface area contributed by atoms with Gasteiger partial charge in [0, 0.05) is 42.3 Å². The van der Waals surface area contributed by atoms with Gasteiger partial charge < -0.3 is 25.0 Å². The summed E-state index contributed by atoms with van der Waals surface area (Å²) in [5.41, 5.74) is 4.47. The second-order valence-electron chi connectivity index (χ2n) is 7.54. The van der Waals surface area contributed by atoms with Gasteiger partial charge in [-0.3, -0.25) is 0 Å². The molecule has 0 atom stereocenters. The maximum absolute atomic E-state index is 12.3. The molecule has 2 aliphatic heterocycles. The minimum atomic E-state index is -0.387. The molecule has 4 rings (SSSR count). The third kappa shape index (κ3) is 4.57. The van der Waals surface area contributed by atoms with Crippen molar-refractivity contribution in [2.45, 2.75) is 25.4 Å². The zero-order chi connectivity index (χ0) is 21.8. The molecule has 0 aromatic heterocycles. The van der Waals surface area contributed by atoms with E-state index in [1.165, 1.54) is 7.11 Å². The molecule has 31 heavy (non-hydrogen) atoms. The van der Waals surface area contributed by atoms with Gasteiger partial charge in [-0.1, -0.05) is 12.1 Å². The molecule has 7 heteroatoms. The van der Waals surface area contributed by atoms with Gasteiger partial charge in [0.1, 0.15) is 11.4 Å². The normalized spacial score (nSPS) is 18.0. The average molecular weight is 419 g/mol. The molecule has 1 saturated carbocycles. The maximum Gasteiger partial charge on any atom is 0.337 e. The number of hydrogen-bond donors (Lipinski definition) is 2. The van der Waals surface area contributed by atoms with Crippen LogP contribution in [0.3, 0.4) is 0 Å². The second kappa shape index (κ2) is 8.98. The number of nitrogens with zero attached hydrogens (tertiary/aromatic N) is 1. The van der Waals surface area contributed by atoms with Crippen molar-refractivity contribution in [2.24, 2.45) is 0 Å². The summed E-state index contributed by atoms with van der Waals surface area (Å²) in [6.07, 6.45) is 9.79. The van der Waals surface area contributed by atoms with Crippen LogP contribution >= 0.6 is 0 Å². The second-order valence-corrected chi connectivity index (χ2v) is 7.54. The van der Waals surface area contributed by atoms with Gasteiger partial charge in [-0.2, -0.15) is 0 Å². The number of dihydropyridines is 1. The van der Waals surface area contributed by atoms with Crippen LogP contribution in [0.15, 0.2) is 76.9 Å². The van der Waals surface area contributed by atoms with Crippen LogP contribution in [0, 0.1) is 0 Å². The first-order chi connectivity index (χ1) is 15.1. The maximum atomic E-state index is 12.3. The summed E-state index contributed by atoms with van der Waals surface area (Å²) in [6, 6.07) is 8.12. The predicted molar refractivity (Wildman–Crippen MR) is 116 cm³/mol. The number of rotatable bonds is 7. The summed E-state index contributed by atoms with van der Waals surface area (Å²) in [6.45, 7) is 0.856. The molecule has 2 N–H and O–H groups in total. The Labute approximate surface area is 181 Å². The number of esters is 1. The van der Waals surface area contributed by atoms with E-state index in [2.05, 4.69) is 10.6 Å². The topological polar surface area (TPSA) is 79.9 Å². The van der Waals surface area contributed by atoms with Crippen LogP contribution in [0.5, 0.6) is 5.75 Å². The lowest BCUT2D eigenvalue weighted by Gasteiger charge is -2.26. The van der Waals surface area contributed by atoms with Gasteiger partial charge in [0.2, 0.25) is 0 Å². The first-order valence-electron chi connectivity index (χ1n) is 10.2. The van der Waals surface area contributed by atoms with Crippen molar-refractivity contribution >= 4 is 11.9 Å². The lowest BCUT2D eigenvalue weighted by atomic mass is 10.0. The van der Waals surface area contributed by atoms with E-state index in [1.807, 2.05) is 59.5 Å². The molecule has 7 nitrogen and oxygen atoms in total. The van der Waals surface area contributed by atoms with E-state index in [0.29, 0.717) is 36.1 Å². The SMILES string of the molecule is COC(=O)C1=C(NCc2ccc(OC)cc2)C=C(C2=CC(=C=O)N(C3CC3)C=C2)NC1. The van der Waals surface area contributed by atoms with E-state index in [1.54, 1.807) is 7.11 Å². The highest BCUT2D eigenvalue weighted by molar-refractivity contribution is 5.91. The molecule has 160 valence electrons. The summed E-state index contributed by atoms with van der Waals surface area (Å²) in [4.78, 5) is 25.7. The van der Waals surface area contributed by atoms with Gasteiger partial charge in [-0.15, -0.1) is 0 Å². The smallest absolute Gasteiger partial charge is 0.337 e. The summed E-state index contributed by atoms with van der Waals surface area (Å²) >= 11 is 0. The van der Waals surface area contributed by atoms with Crippen molar-refractivity contribution in [3.05, 3.63) is 82.5 Å². The van der Waals surface area contributed by atoms with Crippen LogP contribution in [0.1, 0.15) is 18.4 Å². The van der Waals surface area contributed by atoms with Crippen LogP contribution in [0.25, 0.3) is 0 Å². The Morgan fingerprint density at radius 1 is 1.23 bits per heavy atom. The van der Waals surface area contributed by atoms with E-state index in [4.69, 9.17) is 9.47 Å². The summed E-state index contributed by atoms with van der Waals surface area (Å²) < 4.78 is 10.1. The van der Waals surface area contributed by atoms with Crippen molar-refractivity contribution in [1.29, 1.82) is 0 Å². The molecule has 0 spiro atoms. The molecule has 0 radical (unpaired) electrons. The Hall–Kier alpha value is -3.70. The van der Waals surface area contributed by atoms with Crippen LogP contribution in [0.4, 0.5) is 0 Å². The predicted octanol–water partition coefficient (Wildman–Crippen LogP) is 2.33. The molecule has 0 bridgehead atoms. The molecule has 1 fully saturated rings. The van der Waals surface area contributed by atoms with Crippen molar-refractivity contribution in [3.63, 3.8) is 0 Å². The molecule has 0 amide bonds. The summed E-state index contributed by atoms with van der Waals surface area (Å²) in [5, 5.41) is 6.61. The van der Waals surface area contributed by atoms with Gasteiger partial charge in [0.05, 0.1) is 19.8 Å². The summed E-state index contributed by atoms with van der Waals surface area (Å²) in [5.74, 6) is 2.45. The number of nitrogens with one attached hydrogen (secondary N) is 2. The van der Waals surface area contributed by atoms with Crippen molar-refractivity contribution in [2.75, 3.05) is 20.8 Å². The molecule has 0 unspecified atom stereocenters. The standard InChI is InChI=1S/C24H25N3O4/c1-30-20-7-3-16(4-8-20)13-25-23-12-22(26-14-21(23)24(29)31-2)17-9-10-27(18-5-6-18)19(11-17)15-28/h3-4,7-12,18,25-26H,5-6,13-14H2,1-2H3. The Morgan fingerprint density at radius 2 is 2.00 bits per heavy atom. The summed E-state index contributed by atoms with van der Waals surface area (Å²) in [7, 11) is 3.00. The van der Waals surface area contributed by atoms with Crippen molar-refractivity contribution in [1.82, 2.24) is 15.5 Å². The largest absolute Gasteiger partial charge is 0.497 e. The zero-order valence-corrected chi connectivity index (χ0v) is 17.6. The number of methoxy groups -OCH3 is 2. The molecule has 1 aliphatic carbocycles. The Kier molecular flexibility index (Phi) is 5.96. The number of hydrogen-bond acceptors (Lipinski definition) is 7. The number of allylic oxidation sites excluding steroid dienone is 3. The first kappa shape index (κ1) is 20.6. The average Bonchev–Trinajstić information content (AvgIpc) is 3.67. The van der Waals surface area contributed by atoms with Crippen LogP contribution < -0.4 is 15.4 Å². The van der Waals surface area contributed by atoms with E-state index in [0.717, 1.165) is 35.4 Å². The third-order valence-corrected chi connectivity index (χ3v) is 5.48. The fourth-order valence-corrected chi connectivity index (χ4v) is 3.58. The third-order valence-electron chi connectivity index (χ3n) is 5.48. The van der Waals surface area contributed by atoms with E-state index < -0.39 is 0 Å². The lowest BCUT2D eigenvalue weighted by Crippen LogP contribution is -2.32. The van der Waals surface area contributed by atoms with Gasteiger partial charge in [-0.05, 0) is 48.8 Å². The van der Waals surface area contributed by atoms with Gasteiger partial charge in [0.15, 0.2) is 5.94 Å². The van der Waals surface area contributed by atoms with Crippen LogP contribution in [0.2, 0.25) is 0 Å². The van der Waals surface area contributed by atoms with E-state index in [-0.39, 0.29) is 5.97 Å². The molecule has 1 aromatic carbocycles. The Balaban J connectivity index is 1.57. The van der Waals surface area contributed by atoms with Gasteiger partial charge in [0.25, 0.3) is 0 Å². The molecule has 3 aliphatic rings. The number of carbonyl (C=O) groups is 1. The Morgan fingerprint density at radius 3 is 2.65 bits per heavy atom. The van der Waals surface area contributed by atoms with Crippen LogP contribution in [-0.4, -0.2) is 43.6 Å². The highest BCUT2D eigenvalue weighted by Gasteiger charge is 2.31. The van der Waals surface area contributed by atoms with Crippen molar-refractivity contribution in [3.8, 4) is 5.75 Å². The van der Waals surface area contributed by atoms with E-state index in [9.17, 15) is 9.59 Å². The molecular formula is C24H25N3O4. The number of benzene rings is 1. The quantitative estimate of drug-likeness (QED) is 0.519. The number of ether oxygens (including phenoxy) is 2. The van der Waals surface area contributed by atoms with Gasteiger partial charge >= 0.3 is 5.97 Å². The van der Waals surface area contributed by atoms with Gasteiger partial charge in [-0.25, -0.2) is 9.59 Å². The highest BCUT2D eigenvalue weighted by atomic mass is 16.5. The molecule has 0 saturated heterocycles. The minimum Gasteiger partial charge on any atom is -0.497 e. The fourth-order valence-electron chi connectivity index (χ4n) is 3.58. The molecule has 1 aromatic rings. The monoisotopic (exact) mass is 419 g/mol. The Bertz CT molecular complexity index is 1040. The molecular weight excluding hydrogens is 394 g/mol.